The van der Waals surface area contributed by atoms with E-state index in [0.29, 0.717) is 16.5 Å². The molecule has 0 atom stereocenters. The number of nitrogens with zero attached hydrogens (tertiary/aromatic N) is 1. The molecule has 2 heterocycles. The first kappa shape index (κ1) is 13.5. The Balaban J connectivity index is 2.40. The summed E-state index contributed by atoms with van der Waals surface area (Å²) in [5.41, 5.74) is -0.257. The average Bonchev–Trinajstić information content (AvgIpc) is 2.91. The summed E-state index contributed by atoms with van der Waals surface area (Å²) in [6, 6.07) is 6.96. The number of aromatic nitrogens is 2. The van der Waals surface area contributed by atoms with Crippen molar-refractivity contribution in [3.05, 3.63) is 58.6 Å². The number of hydrogen-bond donors (Lipinski definition) is 1. The number of pyridine rings is 1. The van der Waals surface area contributed by atoms with Crippen LogP contribution in [0.25, 0.3) is 22.0 Å². The molecule has 0 unspecified atom stereocenters. The molecule has 21 heavy (non-hydrogen) atoms. The van der Waals surface area contributed by atoms with Crippen LogP contribution in [0.3, 0.4) is 0 Å². The number of H-pyrrole nitrogens is 1. The van der Waals surface area contributed by atoms with Crippen molar-refractivity contribution in [3.63, 3.8) is 0 Å². The highest BCUT2D eigenvalue weighted by Gasteiger charge is 2.33. The van der Waals surface area contributed by atoms with Crippen LogP contribution in [-0.2, 0) is 13.2 Å². The van der Waals surface area contributed by atoms with Crippen LogP contribution in [-0.4, -0.2) is 9.55 Å². The highest BCUT2D eigenvalue weighted by molar-refractivity contribution is 5.95. The SMILES string of the molecule is Cn1cc(-c2ccccc2C(F)(F)F)c2cc[nH]c2c1=O. The highest BCUT2D eigenvalue weighted by atomic mass is 19.4. The van der Waals surface area contributed by atoms with Gasteiger partial charge in [-0.25, -0.2) is 0 Å². The molecule has 0 fully saturated rings. The number of benzene rings is 1. The maximum absolute atomic E-state index is 13.2. The van der Waals surface area contributed by atoms with Crippen LogP contribution in [0.15, 0.2) is 47.5 Å². The summed E-state index contributed by atoms with van der Waals surface area (Å²) >= 11 is 0. The zero-order valence-electron chi connectivity index (χ0n) is 11.0. The zero-order chi connectivity index (χ0) is 15.2. The third kappa shape index (κ3) is 2.12. The highest BCUT2D eigenvalue weighted by Crippen LogP contribution is 2.38. The maximum atomic E-state index is 13.2. The lowest BCUT2D eigenvalue weighted by Gasteiger charge is -2.14. The van der Waals surface area contributed by atoms with Crippen molar-refractivity contribution in [2.24, 2.45) is 7.05 Å². The number of rotatable bonds is 1. The Morgan fingerprint density at radius 3 is 2.52 bits per heavy atom. The summed E-state index contributed by atoms with van der Waals surface area (Å²) in [7, 11) is 1.52. The second kappa shape index (κ2) is 4.51. The maximum Gasteiger partial charge on any atom is 0.417 e. The van der Waals surface area contributed by atoms with E-state index in [1.807, 2.05) is 0 Å². The van der Waals surface area contributed by atoms with Gasteiger partial charge >= 0.3 is 6.18 Å². The molecule has 0 spiro atoms. The predicted octanol–water partition coefficient (Wildman–Crippen LogP) is 3.55. The molecule has 108 valence electrons. The Labute approximate surface area is 117 Å². The van der Waals surface area contributed by atoms with Crippen LogP contribution in [0.4, 0.5) is 13.2 Å². The molecular weight excluding hydrogens is 281 g/mol. The molecule has 0 aliphatic rings. The van der Waals surface area contributed by atoms with Crippen molar-refractivity contribution in [2.75, 3.05) is 0 Å². The number of aromatic amines is 1. The average molecular weight is 292 g/mol. The van der Waals surface area contributed by atoms with Gasteiger partial charge in [0.25, 0.3) is 5.56 Å². The van der Waals surface area contributed by atoms with E-state index in [4.69, 9.17) is 0 Å². The van der Waals surface area contributed by atoms with E-state index in [0.717, 1.165) is 6.07 Å². The molecule has 0 radical (unpaired) electrons. The van der Waals surface area contributed by atoms with E-state index >= 15 is 0 Å². The molecule has 1 N–H and O–H groups in total. The summed E-state index contributed by atoms with van der Waals surface area (Å²) in [4.78, 5) is 14.7. The molecule has 0 saturated carbocycles. The number of aryl methyl sites for hydroxylation is 1. The van der Waals surface area contributed by atoms with Gasteiger partial charge in [-0.05, 0) is 17.7 Å². The van der Waals surface area contributed by atoms with Crippen molar-refractivity contribution in [3.8, 4) is 11.1 Å². The first-order chi connectivity index (χ1) is 9.89. The van der Waals surface area contributed by atoms with Crippen LogP contribution in [0, 0.1) is 0 Å². The van der Waals surface area contributed by atoms with E-state index in [9.17, 15) is 18.0 Å². The molecule has 0 saturated heterocycles. The van der Waals surface area contributed by atoms with E-state index in [1.165, 1.54) is 29.9 Å². The van der Waals surface area contributed by atoms with E-state index < -0.39 is 11.7 Å². The van der Waals surface area contributed by atoms with Crippen molar-refractivity contribution < 1.29 is 13.2 Å². The molecule has 1 aromatic carbocycles. The van der Waals surface area contributed by atoms with Crippen molar-refractivity contribution in [1.29, 1.82) is 0 Å². The van der Waals surface area contributed by atoms with Crippen molar-refractivity contribution in [1.82, 2.24) is 9.55 Å². The lowest BCUT2D eigenvalue weighted by Crippen LogP contribution is -2.17. The molecular formula is C15H11F3N2O. The number of nitrogens with one attached hydrogen (secondary N) is 1. The minimum Gasteiger partial charge on any atom is -0.357 e. The standard InChI is InChI=1S/C15H11F3N2O/c1-20-8-11(10-6-7-19-13(10)14(20)21)9-4-2-3-5-12(9)15(16,17)18/h2-8,19H,1H3. The van der Waals surface area contributed by atoms with Crippen LogP contribution < -0.4 is 5.56 Å². The molecule has 0 amide bonds. The third-order valence-corrected chi connectivity index (χ3v) is 3.42. The normalized spacial score (nSPS) is 12.0. The van der Waals surface area contributed by atoms with Gasteiger partial charge in [-0.15, -0.1) is 0 Å². The third-order valence-electron chi connectivity index (χ3n) is 3.42. The quantitative estimate of drug-likeness (QED) is 0.731. The van der Waals surface area contributed by atoms with Gasteiger partial charge in [0.15, 0.2) is 0 Å². The summed E-state index contributed by atoms with van der Waals surface area (Å²) in [6.45, 7) is 0. The van der Waals surface area contributed by atoms with E-state index in [-0.39, 0.29) is 11.1 Å². The molecule has 3 aromatic rings. The van der Waals surface area contributed by atoms with Gasteiger partial charge in [-0.1, -0.05) is 18.2 Å². The molecule has 3 rings (SSSR count). The first-order valence-corrected chi connectivity index (χ1v) is 6.23. The van der Waals surface area contributed by atoms with Gasteiger partial charge in [0, 0.05) is 30.4 Å². The fourth-order valence-corrected chi connectivity index (χ4v) is 2.45. The first-order valence-electron chi connectivity index (χ1n) is 6.23. The Morgan fingerprint density at radius 2 is 1.81 bits per heavy atom. The van der Waals surface area contributed by atoms with Gasteiger partial charge in [-0.2, -0.15) is 13.2 Å². The fourth-order valence-electron chi connectivity index (χ4n) is 2.45. The summed E-state index contributed by atoms with van der Waals surface area (Å²) < 4.78 is 40.8. The van der Waals surface area contributed by atoms with E-state index in [2.05, 4.69) is 4.98 Å². The van der Waals surface area contributed by atoms with Crippen LogP contribution in [0.2, 0.25) is 0 Å². The number of alkyl halides is 3. The predicted molar refractivity (Wildman–Crippen MR) is 74.0 cm³/mol. The topological polar surface area (TPSA) is 37.8 Å². The second-order valence-corrected chi connectivity index (χ2v) is 4.77. The molecule has 2 aromatic heterocycles. The largest absolute Gasteiger partial charge is 0.417 e. The Kier molecular flexibility index (Phi) is 2.90. The van der Waals surface area contributed by atoms with Gasteiger partial charge in [0.1, 0.15) is 5.52 Å². The van der Waals surface area contributed by atoms with Crippen LogP contribution in [0.1, 0.15) is 5.56 Å². The number of halogens is 3. The van der Waals surface area contributed by atoms with Crippen molar-refractivity contribution >= 4 is 10.9 Å². The second-order valence-electron chi connectivity index (χ2n) is 4.77. The molecule has 0 bridgehead atoms. The summed E-state index contributed by atoms with van der Waals surface area (Å²) in [6.07, 6.45) is -1.47. The van der Waals surface area contributed by atoms with Crippen LogP contribution >= 0.6 is 0 Å². The fraction of sp³-hybridized carbons (Fsp3) is 0.133. The molecule has 0 aliphatic carbocycles. The van der Waals surface area contributed by atoms with Crippen molar-refractivity contribution in [2.45, 2.75) is 6.18 Å². The lowest BCUT2D eigenvalue weighted by atomic mass is 9.98. The zero-order valence-corrected chi connectivity index (χ0v) is 11.0. The Hall–Kier alpha value is -2.50. The monoisotopic (exact) mass is 292 g/mol. The number of hydrogen-bond acceptors (Lipinski definition) is 1. The van der Waals surface area contributed by atoms with Gasteiger partial charge in [0.05, 0.1) is 5.56 Å². The van der Waals surface area contributed by atoms with Gasteiger partial charge in [-0.3, -0.25) is 4.79 Å². The van der Waals surface area contributed by atoms with Crippen LogP contribution in [0.5, 0.6) is 0 Å². The summed E-state index contributed by atoms with van der Waals surface area (Å²) in [5.74, 6) is 0. The minimum atomic E-state index is -4.45. The Morgan fingerprint density at radius 1 is 1.10 bits per heavy atom. The minimum absolute atomic E-state index is 0.0604. The molecule has 6 heteroatoms. The Bertz CT molecular complexity index is 874. The summed E-state index contributed by atoms with van der Waals surface area (Å²) in [5, 5.41) is 0.481. The molecule has 0 aliphatic heterocycles. The lowest BCUT2D eigenvalue weighted by molar-refractivity contribution is -0.137. The number of fused-ring (bicyclic) bond motifs is 1. The van der Waals surface area contributed by atoms with E-state index in [1.54, 1.807) is 18.3 Å². The molecule has 3 nitrogen and oxygen atoms in total. The smallest absolute Gasteiger partial charge is 0.357 e. The van der Waals surface area contributed by atoms with Gasteiger partial charge < -0.3 is 9.55 Å². The van der Waals surface area contributed by atoms with Gasteiger partial charge in [0.2, 0.25) is 0 Å².